The van der Waals surface area contributed by atoms with Gasteiger partial charge in [0.2, 0.25) is 0 Å². The smallest absolute Gasteiger partial charge is 0.112 e. The largest absolute Gasteiger partial charge is 0.370 e. The number of fused-ring (bicyclic) bond motifs is 3. The van der Waals surface area contributed by atoms with Crippen LogP contribution >= 0.6 is 12.4 Å². The molecule has 1 unspecified atom stereocenters. The molecule has 0 amide bonds. The SMILES string of the molecule is CCN(C)CC1OCCCn2nc3ccccc3c21.Cl. The minimum atomic E-state index is 0. The molecule has 3 rings (SSSR count). The van der Waals surface area contributed by atoms with Crippen molar-refractivity contribution in [2.45, 2.75) is 26.0 Å². The van der Waals surface area contributed by atoms with Crippen LogP contribution in [-0.2, 0) is 11.3 Å². The maximum absolute atomic E-state index is 6.07. The lowest BCUT2D eigenvalue weighted by atomic mass is 10.1. The highest BCUT2D eigenvalue weighted by Gasteiger charge is 2.24. The van der Waals surface area contributed by atoms with Gasteiger partial charge in [0.15, 0.2) is 0 Å². The summed E-state index contributed by atoms with van der Waals surface area (Å²) in [6, 6.07) is 8.36. The predicted octanol–water partition coefficient (Wildman–Crippen LogP) is 2.87. The van der Waals surface area contributed by atoms with Crippen molar-refractivity contribution < 1.29 is 4.74 Å². The Labute approximate surface area is 126 Å². The molecule has 1 aliphatic heterocycles. The van der Waals surface area contributed by atoms with E-state index in [0.717, 1.165) is 38.2 Å². The molecule has 0 spiro atoms. The summed E-state index contributed by atoms with van der Waals surface area (Å²) in [6.07, 6.45) is 1.16. The first kappa shape index (κ1) is 15.3. The average molecular weight is 296 g/mol. The van der Waals surface area contributed by atoms with Crippen LogP contribution in [0.5, 0.6) is 0 Å². The van der Waals surface area contributed by atoms with Gasteiger partial charge in [0.1, 0.15) is 6.10 Å². The summed E-state index contributed by atoms with van der Waals surface area (Å²) in [6.45, 7) is 5.90. The fourth-order valence-corrected chi connectivity index (χ4v) is 2.68. The van der Waals surface area contributed by atoms with E-state index in [1.54, 1.807) is 0 Å². The maximum atomic E-state index is 6.07. The van der Waals surface area contributed by atoms with Crippen molar-refractivity contribution in [3.63, 3.8) is 0 Å². The topological polar surface area (TPSA) is 30.3 Å². The van der Waals surface area contributed by atoms with Crippen molar-refractivity contribution in [2.24, 2.45) is 0 Å². The van der Waals surface area contributed by atoms with Crippen LogP contribution in [0.25, 0.3) is 10.9 Å². The number of benzene rings is 1. The molecule has 1 aromatic heterocycles. The minimum absolute atomic E-state index is 0. The second-order valence-corrected chi connectivity index (χ2v) is 5.19. The van der Waals surface area contributed by atoms with E-state index >= 15 is 0 Å². The number of aryl methyl sites for hydroxylation is 1. The third-order valence-electron chi connectivity index (χ3n) is 3.84. The summed E-state index contributed by atoms with van der Waals surface area (Å²) in [7, 11) is 2.14. The molecular weight excluding hydrogens is 274 g/mol. The molecule has 1 atom stereocenters. The number of hydrogen-bond acceptors (Lipinski definition) is 3. The average Bonchev–Trinajstić information content (AvgIpc) is 2.69. The van der Waals surface area contributed by atoms with Gasteiger partial charge in [0.05, 0.1) is 11.2 Å². The standard InChI is InChI=1S/C15H21N3O.ClH/c1-3-17(2)11-14-15-12-7-4-5-8-13(12)16-18(15)9-6-10-19-14;/h4-5,7-8,14H,3,6,9-11H2,1-2H3;1H. The van der Waals surface area contributed by atoms with E-state index in [9.17, 15) is 0 Å². The Morgan fingerprint density at radius 1 is 1.40 bits per heavy atom. The first-order chi connectivity index (χ1) is 9.29. The van der Waals surface area contributed by atoms with Crippen molar-refractivity contribution in [3.05, 3.63) is 30.0 Å². The van der Waals surface area contributed by atoms with E-state index in [4.69, 9.17) is 9.84 Å². The number of nitrogens with zero attached hydrogens (tertiary/aromatic N) is 3. The van der Waals surface area contributed by atoms with Crippen LogP contribution in [0.4, 0.5) is 0 Å². The van der Waals surface area contributed by atoms with Crippen LogP contribution in [0.2, 0.25) is 0 Å². The van der Waals surface area contributed by atoms with E-state index in [0.29, 0.717) is 0 Å². The summed E-state index contributed by atoms with van der Waals surface area (Å²) in [5.41, 5.74) is 2.32. The molecule has 0 bridgehead atoms. The molecule has 0 aliphatic carbocycles. The van der Waals surface area contributed by atoms with Crippen molar-refractivity contribution >= 4 is 23.3 Å². The van der Waals surface area contributed by atoms with E-state index in [1.165, 1.54) is 11.1 Å². The molecule has 0 fully saturated rings. The quantitative estimate of drug-likeness (QED) is 0.872. The number of likely N-dealkylation sites (N-methyl/N-ethyl adjacent to an activating group) is 1. The zero-order chi connectivity index (χ0) is 13.2. The molecule has 110 valence electrons. The molecule has 2 aromatic rings. The Kier molecular flexibility index (Phi) is 5.02. The highest BCUT2D eigenvalue weighted by molar-refractivity contribution is 5.85. The molecule has 1 aromatic carbocycles. The van der Waals surface area contributed by atoms with Crippen LogP contribution in [0.3, 0.4) is 0 Å². The Balaban J connectivity index is 0.00000147. The molecule has 20 heavy (non-hydrogen) atoms. The molecule has 4 nitrogen and oxygen atoms in total. The lowest BCUT2D eigenvalue weighted by Gasteiger charge is -2.22. The first-order valence-electron chi connectivity index (χ1n) is 7.05. The predicted molar refractivity (Wildman–Crippen MR) is 83.5 cm³/mol. The highest BCUT2D eigenvalue weighted by atomic mass is 35.5. The van der Waals surface area contributed by atoms with Crippen LogP contribution in [0, 0.1) is 0 Å². The Morgan fingerprint density at radius 3 is 3.00 bits per heavy atom. The second kappa shape index (κ2) is 6.57. The summed E-state index contributed by atoms with van der Waals surface area (Å²) in [5, 5.41) is 5.95. The number of hydrogen-bond donors (Lipinski definition) is 0. The molecule has 5 heteroatoms. The summed E-state index contributed by atoms with van der Waals surface area (Å²) in [4.78, 5) is 2.29. The van der Waals surface area contributed by atoms with Gasteiger partial charge in [-0.15, -0.1) is 12.4 Å². The Morgan fingerprint density at radius 2 is 2.20 bits per heavy atom. The van der Waals surface area contributed by atoms with Gasteiger partial charge < -0.3 is 9.64 Å². The van der Waals surface area contributed by atoms with Gasteiger partial charge in [-0.3, -0.25) is 4.68 Å². The lowest BCUT2D eigenvalue weighted by Crippen LogP contribution is -2.26. The van der Waals surface area contributed by atoms with Gasteiger partial charge in [-0.25, -0.2) is 0 Å². The highest BCUT2D eigenvalue weighted by Crippen LogP contribution is 2.29. The van der Waals surface area contributed by atoms with Gasteiger partial charge in [-0.1, -0.05) is 25.1 Å². The minimum Gasteiger partial charge on any atom is -0.370 e. The van der Waals surface area contributed by atoms with Crippen LogP contribution in [0.15, 0.2) is 24.3 Å². The Bertz CT molecular complexity index is 569. The molecule has 0 N–H and O–H groups in total. The van der Waals surface area contributed by atoms with Crippen molar-refractivity contribution in [1.29, 1.82) is 0 Å². The third-order valence-corrected chi connectivity index (χ3v) is 3.84. The van der Waals surface area contributed by atoms with E-state index in [1.807, 2.05) is 6.07 Å². The van der Waals surface area contributed by atoms with Gasteiger partial charge >= 0.3 is 0 Å². The first-order valence-corrected chi connectivity index (χ1v) is 7.05. The number of halogens is 1. The molecule has 1 aliphatic rings. The second-order valence-electron chi connectivity index (χ2n) is 5.19. The van der Waals surface area contributed by atoms with E-state index in [2.05, 4.69) is 41.8 Å². The number of ether oxygens (including phenoxy) is 1. The fourth-order valence-electron chi connectivity index (χ4n) is 2.68. The summed E-state index contributed by atoms with van der Waals surface area (Å²) < 4.78 is 8.21. The van der Waals surface area contributed by atoms with Gasteiger partial charge in [-0.2, -0.15) is 5.10 Å². The third kappa shape index (κ3) is 2.82. The molecule has 0 saturated heterocycles. The van der Waals surface area contributed by atoms with Gasteiger partial charge in [0, 0.05) is 25.1 Å². The number of rotatable bonds is 3. The van der Waals surface area contributed by atoms with Crippen molar-refractivity contribution in [3.8, 4) is 0 Å². The van der Waals surface area contributed by atoms with Crippen LogP contribution in [0.1, 0.15) is 25.1 Å². The maximum Gasteiger partial charge on any atom is 0.112 e. The van der Waals surface area contributed by atoms with Crippen LogP contribution in [-0.4, -0.2) is 41.4 Å². The number of aromatic nitrogens is 2. The van der Waals surface area contributed by atoms with Crippen molar-refractivity contribution in [1.82, 2.24) is 14.7 Å². The summed E-state index contributed by atoms with van der Waals surface area (Å²) in [5.74, 6) is 0. The molecular formula is C15H22ClN3O. The molecule has 2 heterocycles. The van der Waals surface area contributed by atoms with E-state index in [-0.39, 0.29) is 18.5 Å². The monoisotopic (exact) mass is 295 g/mol. The molecule has 0 saturated carbocycles. The zero-order valence-corrected chi connectivity index (χ0v) is 12.9. The normalized spacial score (nSPS) is 18.6. The lowest BCUT2D eigenvalue weighted by molar-refractivity contribution is 0.0348. The Hall–Kier alpha value is -1.10. The molecule has 0 radical (unpaired) electrons. The van der Waals surface area contributed by atoms with Gasteiger partial charge in [-0.05, 0) is 26.1 Å². The van der Waals surface area contributed by atoms with Crippen LogP contribution < -0.4 is 0 Å². The zero-order valence-electron chi connectivity index (χ0n) is 12.1. The van der Waals surface area contributed by atoms with Crippen molar-refractivity contribution in [2.75, 3.05) is 26.7 Å². The summed E-state index contributed by atoms with van der Waals surface area (Å²) >= 11 is 0. The fraction of sp³-hybridized carbons (Fsp3) is 0.533. The van der Waals surface area contributed by atoms with E-state index < -0.39 is 0 Å². The van der Waals surface area contributed by atoms with Gasteiger partial charge in [0.25, 0.3) is 0 Å².